The first-order valence-electron chi connectivity index (χ1n) is 7.61. The number of pyridine rings is 1. The van der Waals surface area contributed by atoms with Gasteiger partial charge < -0.3 is 10.2 Å². The summed E-state index contributed by atoms with van der Waals surface area (Å²) in [5, 5.41) is 3.60. The molecule has 0 saturated heterocycles. The van der Waals surface area contributed by atoms with E-state index in [0.29, 0.717) is 6.04 Å². The fraction of sp³-hybridized carbons (Fsp3) is 0.688. The molecule has 1 aliphatic rings. The third kappa shape index (κ3) is 4.59. The Balaban J connectivity index is 1.68. The van der Waals surface area contributed by atoms with Crippen molar-refractivity contribution < 1.29 is 0 Å². The summed E-state index contributed by atoms with van der Waals surface area (Å²) in [6.07, 6.45) is 10.8. The number of nitrogens with one attached hydrogen (secondary N) is 1. The van der Waals surface area contributed by atoms with Crippen LogP contribution in [0.25, 0.3) is 0 Å². The van der Waals surface area contributed by atoms with Crippen molar-refractivity contribution in [2.75, 3.05) is 20.1 Å². The number of rotatable bonds is 6. The van der Waals surface area contributed by atoms with E-state index < -0.39 is 0 Å². The highest BCUT2D eigenvalue weighted by atomic mass is 15.1. The van der Waals surface area contributed by atoms with Gasteiger partial charge in [0.1, 0.15) is 0 Å². The molecule has 19 heavy (non-hydrogen) atoms. The predicted octanol–water partition coefficient (Wildman–Crippen LogP) is 3.00. The van der Waals surface area contributed by atoms with Crippen LogP contribution in [-0.4, -0.2) is 36.1 Å². The van der Waals surface area contributed by atoms with Crippen LogP contribution < -0.4 is 5.32 Å². The van der Waals surface area contributed by atoms with E-state index in [2.05, 4.69) is 41.3 Å². The molecule has 0 amide bonds. The third-order valence-corrected chi connectivity index (χ3v) is 4.32. The van der Waals surface area contributed by atoms with Crippen molar-refractivity contribution in [2.45, 2.75) is 51.1 Å². The van der Waals surface area contributed by atoms with Crippen LogP contribution >= 0.6 is 0 Å². The van der Waals surface area contributed by atoms with E-state index in [-0.39, 0.29) is 0 Å². The van der Waals surface area contributed by atoms with Gasteiger partial charge in [-0.3, -0.25) is 4.98 Å². The van der Waals surface area contributed by atoms with Crippen LogP contribution in [0.1, 0.15) is 50.6 Å². The zero-order valence-electron chi connectivity index (χ0n) is 12.3. The van der Waals surface area contributed by atoms with E-state index in [9.17, 15) is 0 Å². The topological polar surface area (TPSA) is 28.2 Å². The summed E-state index contributed by atoms with van der Waals surface area (Å²) in [6.45, 7) is 4.41. The Kier molecular flexibility index (Phi) is 5.80. The molecule has 1 heterocycles. The minimum Gasteiger partial charge on any atom is -0.309 e. The normalized spacial score (nSPS) is 18.7. The van der Waals surface area contributed by atoms with E-state index in [4.69, 9.17) is 0 Å². The Morgan fingerprint density at radius 1 is 1.26 bits per heavy atom. The molecule has 1 aromatic heterocycles. The average molecular weight is 261 g/mol. The third-order valence-electron chi connectivity index (χ3n) is 4.32. The highest BCUT2D eigenvalue weighted by Crippen LogP contribution is 2.21. The SMILES string of the molecule is C[C@H](NCCN(C)C1CCCCC1)c1ccncc1. The maximum atomic E-state index is 4.06. The molecular weight excluding hydrogens is 234 g/mol. The molecule has 0 spiro atoms. The Hall–Kier alpha value is -0.930. The number of hydrogen-bond acceptors (Lipinski definition) is 3. The standard InChI is InChI=1S/C16H27N3/c1-14(15-8-10-17-11-9-15)18-12-13-19(2)16-6-4-3-5-7-16/h8-11,14,16,18H,3-7,12-13H2,1-2H3/t14-/m0/s1. The van der Waals surface area contributed by atoms with Crippen molar-refractivity contribution in [3.05, 3.63) is 30.1 Å². The predicted molar refractivity (Wildman–Crippen MR) is 80.2 cm³/mol. The van der Waals surface area contributed by atoms with E-state index >= 15 is 0 Å². The molecule has 0 radical (unpaired) electrons. The lowest BCUT2D eigenvalue weighted by Crippen LogP contribution is -2.38. The van der Waals surface area contributed by atoms with Gasteiger partial charge in [0.2, 0.25) is 0 Å². The van der Waals surface area contributed by atoms with Gasteiger partial charge in [0.15, 0.2) is 0 Å². The van der Waals surface area contributed by atoms with E-state index in [1.165, 1.54) is 37.7 Å². The second-order valence-corrected chi connectivity index (χ2v) is 5.73. The Labute approximate surface area is 117 Å². The molecule has 1 aromatic rings. The lowest BCUT2D eigenvalue weighted by atomic mass is 9.94. The van der Waals surface area contributed by atoms with Crippen LogP contribution in [0.15, 0.2) is 24.5 Å². The van der Waals surface area contributed by atoms with E-state index in [1.54, 1.807) is 0 Å². The molecular formula is C16H27N3. The van der Waals surface area contributed by atoms with Crippen LogP contribution in [0.3, 0.4) is 0 Å². The Morgan fingerprint density at radius 2 is 1.95 bits per heavy atom. The molecule has 1 atom stereocenters. The molecule has 3 heteroatoms. The Morgan fingerprint density at radius 3 is 2.63 bits per heavy atom. The summed E-state index contributed by atoms with van der Waals surface area (Å²) in [4.78, 5) is 6.59. The monoisotopic (exact) mass is 261 g/mol. The number of hydrogen-bond donors (Lipinski definition) is 1. The van der Waals surface area contributed by atoms with Crippen molar-refractivity contribution >= 4 is 0 Å². The van der Waals surface area contributed by atoms with Crippen LogP contribution in [-0.2, 0) is 0 Å². The molecule has 0 aliphatic heterocycles. The summed E-state index contributed by atoms with van der Waals surface area (Å²) < 4.78 is 0. The summed E-state index contributed by atoms with van der Waals surface area (Å²) in [5.41, 5.74) is 1.32. The van der Waals surface area contributed by atoms with Gasteiger partial charge in [-0.15, -0.1) is 0 Å². The van der Waals surface area contributed by atoms with E-state index in [1.807, 2.05) is 12.4 Å². The summed E-state index contributed by atoms with van der Waals surface area (Å²) in [5.74, 6) is 0. The van der Waals surface area contributed by atoms with Gasteiger partial charge in [-0.05, 0) is 44.5 Å². The Bertz CT molecular complexity index is 346. The van der Waals surface area contributed by atoms with E-state index in [0.717, 1.165) is 19.1 Å². The van der Waals surface area contributed by atoms with Crippen molar-refractivity contribution in [1.82, 2.24) is 15.2 Å². The van der Waals surface area contributed by atoms with Gasteiger partial charge in [-0.1, -0.05) is 19.3 Å². The van der Waals surface area contributed by atoms with Crippen LogP contribution in [0.5, 0.6) is 0 Å². The van der Waals surface area contributed by atoms with Gasteiger partial charge in [0.05, 0.1) is 0 Å². The van der Waals surface area contributed by atoms with Gasteiger partial charge in [-0.25, -0.2) is 0 Å². The number of nitrogens with zero attached hydrogens (tertiary/aromatic N) is 2. The van der Waals surface area contributed by atoms with Crippen molar-refractivity contribution in [3.8, 4) is 0 Å². The van der Waals surface area contributed by atoms with Crippen molar-refractivity contribution in [1.29, 1.82) is 0 Å². The van der Waals surface area contributed by atoms with Gasteiger partial charge in [-0.2, -0.15) is 0 Å². The lowest BCUT2D eigenvalue weighted by molar-refractivity contribution is 0.191. The zero-order valence-corrected chi connectivity index (χ0v) is 12.3. The highest BCUT2D eigenvalue weighted by molar-refractivity contribution is 5.13. The van der Waals surface area contributed by atoms with Gasteiger partial charge in [0, 0.05) is 37.6 Å². The van der Waals surface area contributed by atoms with Crippen LogP contribution in [0.2, 0.25) is 0 Å². The average Bonchev–Trinajstić information content (AvgIpc) is 2.49. The molecule has 106 valence electrons. The first-order chi connectivity index (χ1) is 9.27. The number of aromatic nitrogens is 1. The molecule has 1 saturated carbocycles. The number of likely N-dealkylation sites (N-methyl/N-ethyl adjacent to an activating group) is 1. The minimum absolute atomic E-state index is 0.405. The molecule has 0 unspecified atom stereocenters. The second kappa shape index (κ2) is 7.61. The van der Waals surface area contributed by atoms with Crippen molar-refractivity contribution in [2.24, 2.45) is 0 Å². The maximum Gasteiger partial charge on any atom is 0.0293 e. The van der Waals surface area contributed by atoms with Crippen LogP contribution in [0.4, 0.5) is 0 Å². The summed E-state index contributed by atoms with van der Waals surface area (Å²) in [6, 6.07) is 5.39. The highest BCUT2D eigenvalue weighted by Gasteiger charge is 2.17. The molecule has 1 aliphatic carbocycles. The zero-order chi connectivity index (χ0) is 13.5. The first kappa shape index (κ1) is 14.5. The molecule has 0 aromatic carbocycles. The first-order valence-corrected chi connectivity index (χ1v) is 7.61. The lowest BCUT2D eigenvalue weighted by Gasteiger charge is -2.31. The fourth-order valence-electron chi connectivity index (χ4n) is 2.93. The minimum atomic E-state index is 0.405. The molecule has 1 N–H and O–H groups in total. The summed E-state index contributed by atoms with van der Waals surface area (Å²) >= 11 is 0. The molecule has 1 fully saturated rings. The van der Waals surface area contributed by atoms with Crippen molar-refractivity contribution in [3.63, 3.8) is 0 Å². The molecule has 3 nitrogen and oxygen atoms in total. The van der Waals surface area contributed by atoms with Gasteiger partial charge in [0.25, 0.3) is 0 Å². The summed E-state index contributed by atoms with van der Waals surface area (Å²) in [7, 11) is 2.27. The smallest absolute Gasteiger partial charge is 0.0293 e. The second-order valence-electron chi connectivity index (χ2n) is 5.73. The quantitative estimate of drug-likeness (QED) is 0.853. The fourth-order valence-corrected chi connectivity index (χ4v) is 2.93. The van der Waals surface area contributed by atoms with Crippen LogP contribution in [0, 0.1) is 0 Å². The molecule has 2 rings (SSSR count). The molecule has 0 bridgehead atoms. The largest absolute Gasteiger partial charge is 0.309 e. The van der Waals surface area contributed by atoms with Gasteiger partial charge >= 0.3 is 0 Å². The maximum absolute atomic E-state index is 4.06.